The standard InChI is InChI=1S/C22H19Cl2FO2/c1-27-21(17-13-8-14-18(23)20(17)25)19(15-9-4-2-5-10-15)22(24,26)16-11-6-3-7-12-16/h2-14,19,21,26H,1H3/t19-,21?,22+/m1/s1. The number of alkyl halides is 1. The Bertz CT molecular complexity index is 885. The molecule has 0 bridgehead atoms. The molecule has 0 radical (unpaired) electrons. The predicted molar refractivity (Wildman–Crippen MR) is 107 cm³/mol. The molecule has 1 N–H and O–H groups in total. The van der Waals surface area contributed by atoms with Gasteiger partial charge in [0.15, 0.2) is 5.06 Å². The summed E-state index contributed by atoms with van der Waals surface area (Å²) in [7, 11) is 1.46. The summed E-state index contributed by atoms with van der Waals surface area (Å²) < 4.78 is 20.4. The van der Waals surface area contributed by atoms with Crippen LogP contribution in [0, 0.1) is 5.82 Å². The first-order chi connectivity index (χ1) is 13.0. The molecule has 27 heavy (non-hydrogen) atoms. The molecule has 0 aliphatic carbocycles. The highest BCUT2D eigenvalue weighted by molar-refractivity contribution is 6.30. The summed E-state index contributed by atoms with van der Waals surface area (Å²) in [5.74, 6) is -1.38. The van der Waals surface area contributed by atoms with Crippen LogP contribution in [0.2, 0.25) is 5.02 Å². The normalized spacial score (nSPS) is 15.7. The van der Waals surface area contributed by atoms with Crippen LogP contribution >= 0.6 is 23.2 Å². The molecule has 0 aliphatic rings. The van der Waals surface area contributed by atoms with Crippen LogP contribution in [-0.4, -0.2) is 12.2 Å². The number of ether oxygens (including phenoxy) is 1. The zero-order chi connectivity index (χ0) is 19.4. The molecule has 3 rings (SSSR count). The van der Waals surface area contributed by atoms with Gasteiger partial charge in [-0.15, -0.1) is 0 Å². The van der Waals surface area contributed by atoms with Gasteiger partial charge in [0, 0.05) is 12.7 Å². The molecule has 0 fully saturated rings. The van der Waals surface area contributed by atoms with Gasteiger partial charge in [-0.25, -0.2) is 4.39 Å². The molecule has 0 amide bonds. The zero-order valence-corrected chi connectivity index (χ0v) is 16.2. The maximum atomic E-state index is 14.8. The van der Waals surface area contributed by atoms with Crippen LogP contribution in [0.5, 0.6) is 0 Å². The lowest BCUT2D eigenvalue weighted by atomic mass is 9.81. The molecular weight excluding hydrogens is 386 g/mol. The predicted octanol–water partition coefficient (Wildman–Crippen LogP) is 6.03. The third kappa shape index (κ3) is 4.02. The Hall–Kier alpha value is -1.91. The van der Waals surface area contributed by atoms with E-state index in [1.54, 1.807) is 36.4 Å². The van der Waals surface area contributed by atoms with Crippen molar-refractivity contribution in [1.82, 2.24) is 0 Å². The molecule has 3 aromatic rings. The van der Waals surface area contributed by atoms with Crippen molar-refractivity contribution in [1.29, 1.82) is 0 Å². The molecule has 0 saturated carbocycles. The monoisotopic (exact) mass is 404 g/mol. The van der Waals surface area contributed by atoms with Gasteiger partial charge in [0.05, 0.1) is 17.0 Å². The van der Waals surface area contributed by atoms with Crippen LogP contribution in [0.4, 0.5) is 4.39 Å². The van der Waals surface area contributed by atoms with Crippen LogP contribution in [-0.2, 0) is 9.80 Å². The van der Waals surface area contributed by atoms with Crippen molar-refractivity contribution in [2.24, 2.45) is 0 Å². The van der Waals surface area contributed by atoms with E-state index in [-0.39, 0.29) is 10.6 Å². The largest absolute Gasteiger partial charge is 0.376 e. The van der Waals surface area contributed by atoms with E-state index in [0.717, 1.165) is 0 Å². The van der Waals surface area contributed by atoms with Crippen LogP contribution in [0.15, 0.2) is 78.9 Å². The second kappa shape index (κ2) is 8.41. The number of hydrogen-bond acceptors (Lipinski definition) is 2. The van der Waals surface area contributed by atoms with Crippen molar-refractivity contribution in [3.63, 3.8) is 0 Å². The van der Waals surface area contributed by atoms with E-state index < -0.39 is 22.9 Å². The Morgan fingerprint density at radius 2 is 1.52 bits per heavy atom. The first kappa shape index (κ1) is 19.8. The van der Waals surface area contributed by atoms with E-state index in [1.165, 1.54) is 13.2 Å². The lowest BCUT2D eigenvalue weighted by Crippen LogP contribution is -2.33. The number of benzene rings is 3. The minimum absolute atomic E-state index is 0.0146. The molecule has 140 valence electrons. The fourth-order valence-corrected chi connectivity index (χ4v) is 3.84. The lowest BCUT2D eigenvalue weighted by Gasteiger charge is -2.37. The zero-order valence-electron chi connectivity index (χ0n) is 14.6. The van der Waals surface area contributed by atoms with Crippen LogP contribution in [0.3, 0.4) is 0 Å². The number of hydrogen-bond donors (Lipinski definition) is 1. The maximum absolute atomic E-state index is 14.8. The van der Waals surface area contributed by atoms with Crippen LogP contribution in [0.1, 0.15) is 28.7 Å². The van der Waals surface area contributed by atoms with Gasteiger partial charge in [-0.1, -0.05) is 96.0 Å². The van der Waals surface area contributed by atoms with E-state index in [9.17, 15) is 9.50 Å². The van der Waals surface area contributed by atoms with E-state index in [1.807, 2.05) is 36.4 Å². The average molecular weight is 405 g/mol. The van der Waals surface area contributed by atoms with E-state index in [0.29, 0.717) is 11.1 Å². The fraction of sp³-hybridized carbons (Fsp3) is 0.182. The highest BCUT2D eigenvalue weighted by atomic mass is 35.5. The highest BCUT2D eigenvalue weighted by Crippen LogP contribution is 2.49. The molecule has 0 aromatic heterocycles. The summed E-state index contributed by atoms with van der Waals surface area (Å²) in [6, 6.07) is 22.7. The maximum Gasteiger partial charge on any atom is 0.174 e. The van der Waals surface area contributed by atoms with Crippen molar-refractivity contribution in [2.75, 3.05) is 7.11 Å². The topological polar surface area (TPSA) is 29.5 Å². The lowest BCUT2D eigenvalue weighted by molar-refractivity contribution is -0.00527. The minimum atomic E-state index is -1.84. The number of rotatable bonds is 6. The molecule has 5 heteroatoms. The Labute approximate surface area is 168 Å². The molecular formula is C22H19Cl2FO2. The first-order valence-corrected chi connectivity index (χ1v) is 9.21. The molecule has 0 saturated heterocycles. The summed E-state index contributed by atoms with van der Waals surface area (Å²) in [6.45, 7) is 0. The Morgan fingerprint density at radius 1 is 0.926 bits per heavy atom. The first-order valence-electron chi connectivity index (χ1n) is 8.45. The second-order valence-electron chi connectivity index (χ2n) is 6.23. The van der Waals surface area contributed by atoms with Gasteiger partial charge in [0.1, 0.15) is 5.82 Å². The molecule has 3 atom stereocenters. The van der Waals surface area contributed by atoms with Crippen molar-refractivity contribution >= 4 is 23.2 Å². The second-order valence-corrected chi connectivity index (χ2v) is 7.21. The van der Waals surface area contributed by atoms with Gasteiger partial charge >= 0.3 is 0 Å². The molecule has 0 heterocycles. The summed E-state index contributed by atoms with van der Waals surface area (Å²) >= 11 is 12.7. The quantitative estimate of drug-likeness (QED) is 0.507. The third-order valence-corrected chi connectivity index (χ3v) is 5.34. The van der Waals surface area contributed by atoms with E-state index >= 15 is 0 Å². The van der Waals surface area contributed by atoms with Gasteiger partial charge < -0.3 is 9.84 Å². The molecule has 2 nitrogen and oxygen atoms in total. The number of halogens is 3. The summed E-state index contributed by atoms with van der Waals surface area (Å²) in [5, 5.41) is 9.50. The van der Waals surface area contributed by atoms with Crippen LogP contribution < -0.4 is 0 Å². The molecule has 0 spiro atoms. The Kier molecular flexibility index (Phi) is 6.18. The SMILES string of the molecule is COC(c1cccc(Cl)c1F)[C@@H](c1ccccc1)[C@](O)(Cl)c1ccccc1. The Balaban J connectivity index is 2.19. The van der Waals surface area contributed by atoms with Crippen molar-refractivity contribution in [3.05, 3.63) is 106 Å². The molecule has 0 aliphatic heterocycles. The fourth-order valence-electron chi connectivity index (χ4n) is 3.29. The molecule has 1 unspecified atom stereocenters. The summed E-state index contributed by atoms with van der Waals surface area (Å²) in [6.07, 6.45) is -0.867. The van der Waals surface area contributed by atoms with Gasteiger partial charge in [-0.3, -0.25) is 0 Å². The number of methoxy groups -OCH3 is 1. The van der Waals surface area contributed by atoms with Gasteiger partial charge in [-0.2, -0.15) is 0 Å². The summed E-state index contributed by atoms with van der Waals surface area (Å²) in [5.41, 5.74) is 1.43. The third-order valence-electron chi connectivity index (χ3n) is 4.59. The Morgan fingerprint density at radius 3 is 2.11 bits per heavy atom. The van der Waals surface area contributed by atoms with E-state index in [4.69, 9.17) is 27.9 Å². The summed E-state index contributed by atoms with van der Waals surface area (Å²) in [4.78, 5) is 0. The minimum Gasteiger partial charge on any atom is -0.376 e. The number of aliphatic hydroxyl groups is 1. The smallest absolute Gasteiger partial charge is 0.174 e. The molecule has 3 aromatic carbocycles. The van der Waals surface area contributed by atoms with Crippen molar-refractivity contribution in [2.45, 2.75) is 17.1 Å². The van der Waals surface area contributed by atoms with Gasteiger partial charge in [-0.05, 0) is 17.2 Å². The van der Waals surface area contributed by atoms with Crippen molar-refractivity contribution < 1.29 is 14.2 Å². The van der Waals surface area contributed by atoms with Gasteiger partial charge in [0.25, 0.3) is 0 Å². The van der Waals surface area contributed by atoms with E-state index in [2.05, 4.69) is 0 Å². The van der Waals surface area contributed by atoms with Gasteiger partial charge in [0.2, 0.25) is 0 Å². The highest BCUT2D eigenvalue weighted by Gasteiger charge is 2.44. The average Bonchev–Trinajstić information content (AvgIpc) is 2.69. The van der Waals surface area contributed by atoms with Crippen molar-refractivity contribution in [3.8, 4) is 0 Å². The van der Waals surface area contributed by atoms with Crippen LogP contribution in [0.25, 0.3) is 0 Å².